The summed E-state index contributed by atoms with van der Waals surface area (Å²) in [6, 6.07) is 0. The topological polar surface area (TPSA) is 101 Å². The summed E-state index contributed by atoms with van der Waals surface area (Å²) in [5.74, 6) is -2.89. The molecule has 1 amide bonds. The van der Waals surface area contributed by atoms with E-state index in [0.717, 1.165) is 0 Å². The van der Waals surface area contributed by atoms with Crippen molar-refractivity contribution >= 4 is 21.7 Å². The molecular formula is C10H17NO5S. The van der Waals surface area contributed by atoms with Crippen molar-refractivity contribution in [2.24, 2.45) is 11.8 Å². The molecule has 2 atom stereocenters. The van der Waals surface area contributed by atoms with Crippen LogP contribution in [0.5, 0.6) is 0 Å². The van der Waals surface area contributed by atoms with E-state index < -0.39 is 27.6 Å². The van der Waals surface area contributed by atoms with Gasteiger partial charge >= 0.3 is 5.97 Å². The molecule has 1 rings (SSSR count). The van der Waals surface area contributed by atoms with E-state index in [4.69, 9.17) is 5.11 Å². The fourth-order valence-electron chi connectivity index (χ4n) is 2.07. The van der Waals surface area contributed by atoms with E-state index in [2.05, 4.69) is 5.32 Å². The maximum absolute atomic E-state index is 11.4. The van der Waals surface area contributed by atoms with Crippen molar-refractivity contribution in [3.05, 3.63) is 0 Å². The van der Waals surface area contributed by atoms with Gasteiger partial charge in [0.05, 0.1) is 17.4 Å². The van der Waals surface area contributed by atoms with Crippen molar-refractivity contribution < 1.29 is 23.1 Å². The SMILES string of the molecule is CCNC(=O)CC(C(=O)O)C1CCS(=O)(=O)C1. The zero-order valence-corrected chi connectivity index (χ0v) is 10.5. The van der Waals surface area contributed by atoms with Crippen molar-refractivity contribution in [1.82, 2.24) is 5.32 Å². The number of aliphatic carboxylic acids is 1. The Kier molecular flexibility index (Phi) is 4.50. The van der Waals surface area contributed by atoms with Crippen molar-refractivity contribution in [3.8, 4) is 0 Å². The molecule has 2 unspecified atom stereocenters. The lowest BCUT2D eigenvalue weighted by Crippen LogP contribution is -2.32. The van der Waals surface area contributed by atoms with E-state index in [9.17, 15) is 18.0 Å². The van der Waals surface area contributed by atoms with Gasteiger partial charge in [0.15, 0.2) is 9.84 Å². The van der Waals surface area contributed by atoms with Crippen LogP contribution >= 0.6 is 0 Å². The number of carboxylic acid groups (broad SMARTS) is 1. The molecule has 0 spiro atoms. The fraction of sp³-hybridized carbons (Fsp3) is 0.800. The molecule has 1 fully saturated rings. The van der Waals surface area contributed by atoms with Crippen LogP contribution in [0, 0.1) is 11.8 Å². The van der Waals surface area contributed by atoms with Gasteiger partial charge in [-0.05, 0) is 19.3 Å². The Morgan fingerprint density at radius 2 is 2.12 bits per heavy atom. The molecule has 1 aliphatic heterocycles. The third-order valence-corrected chi connectivity index (χ3v) is 4.73. The molecule has 0 saturated carbocycles. The summed E-state index contributed by atoms with van der Waals surface area (Å²) in [6.07, 6.45) is 0.183. The van der Waals surface area contributed by atoms with Crippen LogP contribution in [-0.2, 0) is 19.4 Å². The van der Waals surface area contributed by atoms with E-state index >= 15 is 0 Å². The van der Waals surface area contributed by atoms with Crippen LogP contribution in [0.1, 0.15) is 19.8 Å². The van der Waals surface area contributed by atoms with Crippen LogP contribution in [-0.4, -0.2) is 43.5 Å². The highest BCUT2D eigenvalue weighted by Crippen LogP contribution is 2.28. The summed E-state index contributed by atoms with van der Waals surface area (Å²) in [7, 11) is -3.12. The van der Waals surface area contributed by atoms with E-state index in [1.165, 1.54) is 0 Å². The second kappa shape index (κ2) is 5.48. The lowest BCUT2D eigenvalue weighted by Gasteiger charge is -2.17. The van der Waals surface area contributed by atoms with Gasteiger partial charge in [0.25, 0.3) is 0 Å². The number of hydrogen-bond acceptors (Lipinski definition) is 4. The second-order valence-electron chi connectivity index (χ2n) is 4.27. The number of carbonyl (C=O) groups is 2. The number of rotatable bonds is 5. The summed E-state index contributed by atoms with van der Waals surface area (Å²) in [5.41, 5.74) is 0. The van der Waals surface area contributed by atoms with Crippen molar-refractivity contribution in [2.45, 2.75) is 19.8 Å². The van der Waals surface area contributed by atoms with E-state index in [0.29, 0.717) is 13.0 Å². The molecule has 17 heavy (non-hydrogen) atoms. The molecule has 1 aliphatic rings. The lowest BCUT2D eigenvalue weighted by atomic mass is 9.89. The summed E-state index contributed by atoms with van der Waals surface area (Å²) >= 11 is 0. The molecule has 6 nitrogen and oxygen atoms in total. The van der Waals surface area contributed by atoms with Crippen LogP contribution in [0.3, 0.4) is 0 Å². The van der Waals surface area contributed by atoms with E-state index in [-0.39, 0.29) is 23.8 Å². The molecule has 2 N–H and O–H groups in total. The van der Waals surface area contributed by atoms with Gasteiger partial charge in [-0.3, -0.25) is 9.59 Å². The van der Waals surface area contributed by atoms with Gasteiger partial charge in [-0.1, -0.05) is 0 Å². The number of carbonyl (C=O) groups excluding carboxylic acids is 1. The minimum Gasteiger partial charge on any atom is -0.481 e. The average Bonchev–Trinajstić information content (AvgIpc) is 2.55. The van der Waals surface area contributed by atoms with Crippen molar-refractivity contribution in [1.29, 1.82) is 0 Å². The molecule has 1 heterocycles. The summed E-state index contributed by atoms with van der Waals surface area (Å²) in [6.45, 7) is 2.18. The maximum Gasteiger partial charge on any atom is 0.307 e. The predicted molar refractivity (Wildman–Crippen MR) is 61.2 cm³/mol. The molecule has 98 valence electrons. The molecule has 0 bridgehead atoms. The van der Waals surface area contributed by atoms with Crippen molar-refractivity contribution in [3.63, 3.8) is 0 Å². The van der Waals surface area contributed by atoms with Gasteiger partial charge in [0.2, 0.25) is 5.91 Å². The Labute approximate surface area is 100 Å². The highest BCUT2D eigenvalue weighted by molar-refractivity contribution is 7.91. The van der Waals surface area contributed by atoms with Gasteiger partial charge in [-0.25, -0.2) is 8.42 Å². The first-order valence-corrected chi connectivity index (χ1v) is 7.37. The Bertz CT molecular complexity index is 403. The highest BCUT2D eigenvalue weighted by Gasteiger charge is 2.38. The Balaban J connectivity index is 2.67. The Morgan fingerprint density at radius 1 is 1.47 bits per heavy atom. The van der Waals surface area contributed by atoms with Crippen LogP contribution in [0.4, 0.5) is 0 Å². The minimum absolute atomic E-state index is 0.0246. The van der Waals surface area contributed by atoms with Crippen LogP contribution in [0.25, 0.3) is 0 Å². The molecule has 0 radical (unpaired) electrons. The van der Waals surface area contributed by atoms with Crippen LogP contribution in [0.15, 0.2) is 0 Å². The number of sulfone groups is 1. The number of amides is 1. The minimum atomic E-state index is -3.12. The first kappa shape index (κ1) is 14.0. The van der Waals surface area contributed by atoms with Gasteiger partial charge in [0, 0.05) is 13.0 Å². The van der Waals surface area contributed by atoms with Crippen LogP contribution < -0.4 is 5.32 Å². The molecule has 0 aromatic carbocycles. The standard InChI is InChI=1S/C10H17NO5S/c1-2-11-9(12)5-8(10(13)14)7-3-4-17(15,16)6-7/h7-8H,2-6H2,1H3,(H,11,12)(H,13,14). The average molecular weight is 263 g/mol. The quantitative estimate of drug-likeness (QED) is 0.706. The maximum atomic E-state index is 11.4. The normalized spacial score (nSPS) is 24.2. The Morgan fingerprint density at radius 3 is 2.53 bits per heavy atom. The third kappa shape index (κ3) is 3.99. The summed E-state index contributed by atoms with van der Waals surface area (Å²) < 4.78 is 22.6. The van der Waals surface area contributed by atoms with E-state index in [1.807, 2.05) is 0 Å². The number of carboxylic acids is 1. The molecule has 1 saturated heterocycles. The van der Waals surface area contributed by atoms with Gasteiger partial charge in [-0.2, -0.15) is 0 Å². The smallest absolute Gasteiger partial charge is 0.307 e. The largest absolute Gasteiger partial charge is 0.481 e. The van der Waals surface area contributed by atoms with Gasteiger partial charge in [0.1, 0.15) is 0 Å². The first-order valence-electron chi connectivity index (χ1n) is 5.55. The second-order valence-corrected chi connectivity index (χ2v) is 6.49. The lowest BCUT2D eigenvalue weighted by molar-refractivity contribution is -0.145. The molecule has 7 heteroatoms. The fourth-order valence-corrected chi connectivity index (χ4v) is 3.95. The molecule has 0 aromatic rings. The monoisotopic (exact) mass is 263 g/mol. The van der Waals surface area contributed by atoms with E-state index in [1.54, 1.807) is 6.92 Å². The van der Waals surface area contributed by atoms with Crippen molar-refractivity contribution in [2.75, 3.05) is 18.1 Å². The van der Waals surface area contributed by atoms with Gasteiger partial charge in [-0.15, -0.1) is 0 Å². The van der Waals surface area contributed by atoms with Crippen LogP contribution in [0.2, 0.25) is 0 Å². The number of nitrogens with one attached hydrogen (secondary N) is 1. The van der Waals surface area contributed by atoms with Gasteiger partial charge < -0.3 is 10.4 Å². The molecule has 0 aliphatic carbocycles. The first-order chi connectivity index (χ1) is 7.85. The summed E-state index contributed by atoms with van der Waals surface area (Å²) in [4.78, 5) is 22.4. The molecule has 0 aromatic heterocycles. The highest BCUT2D eigenvalue weighted by atomic mass is 32.2. The Hall–Kier alpha value is -1.11. The predicted octanol–water partition coefficient (Wildman–Crippen LogP) is -0.352. The zero-order valence-electron chi connectivity index (χ0n) is 9.68. The third-order valence-electron chi connectivity index (χ3n) is 2.93. The number of hydrogen-bond donors (Lipinski definition) is 2. The summed E-state index contributed by atoms with van der Waals surface area (Å²) in [5, 5.41) is 11.6. The molecular weight excluding hydrogens is 246 g/mol. The zero-order chi connectivity index (χ0) is 13.1.